The fourth-order valence-electron chi connectivity index (χ4n) is 1.75. The highest BCUT2D eigenvalue weighted by Gasteiger charge is 2.11. The fraction of sp³-hybridized carbons (Fsp3) is 0.286. The molecule has 0 aliphatic carbocycles. The average molecular weight is 259 g/mol. The minimum atomic E-state index is -0.209. The molecule has 0 radical (unpaired) electrons. The third-order valence-electron chi connectivity index (χ3n) is 2.80. The molecule has 2 aromatic rings. The molecule has 0 fully saturated rings. The number of nitrogens with two attached hydrogens (primary N) is 1. The van der Waals surface area contributed by atoms with E-state index in [4.69, 9.17) is 10.2 Å². The summed E-state index contributed by atoms with van der Waals surface area (Å²) in [5.41, 5.74) is 6.49. The van der Waals surface area contributed by atoms with Gasteiger partial charge in [0.05, 0.1) is 6.26 Å². The van der Waals surface area contributed by atoms with Crippen molar-refractivity contribution in [1.82, 2.24) is 10.3 Å². The van der Waals surface area contributed by atoms with Gasteiger partial charge in [-0.15, -0.1) is 0 Å². The van der Waals surface area contributed by atoms with E-state index < -0.39 is 0 Å². The van der Waals surface area contributed by atoms with Crippen LogP contribution in [-0.4, -0.2) is 16.9 Å². The minimum absolute atomic E-state index is 0.0424. The Morgan fingerprint density at radius 2 is 2.37 bits per heavy atom. The number of carbonyl (C=O) groups excluding carboxylic acids is 1. The van der Waals surface area contributed by atoms with Gasteiger partial charge < -0.3 is 15.5 Å². The maximum absolute atomic E-state index is 11.9. The number of aryl methyl sites for hydroxylation is 1. The van der Waals surface area contributed by atoms with E-state index in [1.807, 2.05) is 19.1 Å². The van der Waals surface area contributed by atoms with Gasteiger partial charge in [0, 0.05) is 24.3 Å². The zero-order valence-corrected chi connectivity index (χ0v) is 10.8. The smallest absolute Gasteiger partial charge is 0.270 e. The Labute approximate surface area is 111 Å². The van der Waals surface area contributed by atoms with Crippen molar-refractivity contribution in [2.45, 2.75) is 25.8 Å². The lowest BCUT2D eigenvalue weighted by Crippen LogP contribution is -2.33. The molecular weight excluding hydrogens is 242 g/mol. The molecule has 1 unspecified atom stereocenters. The lowest BCUT2D eigenvalue weighted by Gasteiger charge is -2.12. The van der Waals surface area contributed by atoms with Gasteiger partial charge in [0.25, 0.3) is 5.91 Å². The summed E-state index contributed by atoms with van der Waals surface area (Å²) < 4.78 is 5.25. The molecule has 100 valence electrons. The number of anilines is 1. The van der Waals surface area contributed by atoms with Crippen LogP contribution in [0, 0.1) is 0 Å². The zero-order chi connectivity index (χ0) is 13.7. The third-order valence-corrected chi connectivity index (χ3v) is 2.80. The highest BCUT2D eigenvalue weighted by molar-refractivity contribution is 5.93. The summed E-state index contributed by atoms with van der Waals surface area (Å²) in [6.45, 7) is 1.95. The van der Waals surface area contributed by atoms with Crippen molar-refractivity contribution in [3.8, 4) is 0 Å². The summed E-state index contributed by atoms with van der Waals surface area (Å²) in [6, 6.07) is 7.04. The first kappa shape index (κ1) is 13.1. The number of hydrogen-bond donors (Lipinski definition) is 2. The standard InChI is InChI=1S/C14H17N3O2/c1-10(4-5-12-3-2-8-19-12)17-14(18)13-9-11(15)6-7-16-13/h2-3,6-10H,4-5H2,1H3,(H2,15,16)(H,17,18). The number of aromatic nitrogens is 1. The highest BCUT2D eigenvalue weighted by Crippen LogP contribution is 2.07. The van der Waals surface area contributed by atoms with Crippen LogP contribution in [0.15, 0.2) is 41.1 Å². The van der Waals surface area contributed by atoms with Crippen LogP contribution in [0.4, 0.5) is 5.69 Å². The van der Waals surface area contributed by atoms with E-state index in [1.54, 1.807) is 18.4 Å². The molecule has 0 saturated carbocycles. The number of nitrogen functional groups attached to an aromatic ring is 1. The van der Waals surface area contributed by atoms with Crippen molar-refractivity contribution in [3.63, 3.8) is 0 Å². The molecule has 19 heavy (non-hydrogen) atoms. The summed E-state index contributed by atoms with van der Waals surface area (Å²) in [4.78, 5) is 15.9. The maximum Gasteiger partial charge on any atom is 0.270 e. The van der Waals surface area contributed by atoms with Gasteiger partial charge in [-0.2, -0.15) is 0 Å². The molecule has 2 aromatic heterocycles. The Balaban J connectivity index is 1.84. The molecule has 0 aliphatic heterocycles. The molecule has 1 atom stereocenters. The molecule has 3 N–H and O–H groups in total. The molecule has 5 heteroatoms. The van der Waals surface area contributed by atoms with Gasteiger partial charge in [0.1, 0.15) is 11.5 Å². The largest absolute Gasteiger partial charge is 0.469 e. The van der Waals surface area contributed by atoms with Gasteiger partial charge in [-0.1, -0.05) is 0 Å². The first-order valence-electron chi connectivity index (χ1n) is 6.20. The fourth-order valence-corrected chi connectivity index (χ4v) is 1.75. The number of furan rings is 1. The van der Waals surface area contributed by atoms with E-state index >= 15 is 0 Å². The number of carbonyl (C=O) groups is 1. The molecule has 5 nitrogen and oxygen atoms in total. The number of nitrogens with zero attached hydrogens (tertiary/aromatic N) is 1. The summed E-state index contributed by atoms with van der Waals surface area (Å²) in [6.07, 6.45) is 4.77. The van der Waals surface area contributed by atoms with Gasteiger partial charge in [-0.25, -0.2) is 0 Å². The van der Waals surface area contributed by atoms with Crippen LogP contribution in [0.2, 0.25) is 0 Å². The van der Waals surface area contributed by atoms with Crippen molar-refractivity contribution < 1.29 is 9.21 Å². The average Bonchev–Trinajstić information content (AvgIpc) is 2.89. The molecule has 0 aromatic carbocycles. The molecule has 2 rings (SSSR count). The molecule has 0 bridgehead atoms. The van der Waals surface area contributed by atoms with Crippen LogP contribution in [0.25, 0.3) is 0 Å². The SMILES string of the molecule is CC(CCc1ccco1)NC(=O)c1cc(N)ccn1. The first-order valence-corrected chi connectivity index (χ1v) is 6.20. The Hall–Kier alpha value is -2.30. The number of nitrogens with one attached hydrogen (secondary N) is 1. The van der Waals surface area contributed by atoms with E-state index in [0.29, 0.717) is 11.4 Å². The van der Waals surface area contributed by atoms with E-state index in [0.717, 1.165) is 18.6 Å². The number of pyridine rings is 1. The van der Waals surface area contributed by atoms with Crippen molar-refractivity contribution in [1.29, 1.82) is 0 Å². The molecule has 0 saturated heterocycles. The summed E-state index contributed by atoms with van der Waals surface area (Å²) in [5, 5.41) is 2.89. The van der Waals surface area contributed by atoms with Crippen molar-refractivity contribution in [2.75, 3.05) is 5.73 Å². The van der Waals surface area contributed by atoms with Gasteiger partial charge in [-0.3, -0.25) is 9.78 Å². The summed E-state index contributed by atoms with van der Waals surface area (Å²) in [5.74, 6) is 0.711. The minimum Gasteiger partial charge on any atom is -0.469 e. The van der Waals surface area contributed by atoms with Crippen molar-refractivity contribution in [2.24, 2.45) is 0 Å². The highest BCUT2D eigenvalue weighted by atomic mass is 16.3. The predicted molar refractivity (Wildman–Crippen MR) is 72.6 cm³/mol. The van der Waals surface area contributed by atoms with E-state index in [-0.39, 0.29) is 11.9 Å². The normalized spacial score (nSPS) is 12.1. The Bertz CT molecular complexity index is 537. The lowest BCUT2D eigenvalue weighted by atomic mass is 10.1. The molecule has 2 heterocycles. The zero-order valence-electron chi connectivity index (χ0n) is 10.8. The quantitative estimate of drug-likeness (QED) is 0.860. The van der Waals surface area contributed by atoms with Gasteiger partial charge in [0.15, 0.2) is 0 Å². The molecular formula is C14H17N3O2. The van der Waals surface area contributed by atoms with Crippen LogP contribution < -0.4 is 11.1 Å². The number of rotatable bonds is 5. The van der Waals surface area contributed by atoms with E-state index in [1.165, 1.54) is 6.20 Å². The van der Waals surface area contributed by atoms with Crippen LogP contribution in [0.1, 0.15) is 29.6 Å². The second-order valence-corrected chi connectivity index (χ2v) is 4.47. The maximum atomic E-state index is 11.9. The van der Waals surface area contributed by atoms with Crippen LogP contribution in [0.5, 0.6) is 0 Å². The van der Waals surface area contributed by atoms with Crippen LogP contribution >= 0.6 is 0 Å². The van der Waals surface area contributed by atoms with Crippen molar-refractivity contribution in [3.05, 3.63) is 48.2 Å². The molecule has 0 aliphatic rings. The van der Waals surface area contributed by atoms with Crippen LogP contribution in [0.3, 0.4) is 0 Å². The van der Waals surface area contributed by atoms with Gasteiger partial charge in [-0.05, 0) is 37.6 Å². The lowest BCUT2D eigenvalue weighted by molar-refractivity contribution is 0.0933. The number of amides is 1. The Kier molecular flexibility index (Phi) is 4.18. The van der Waals surface area contributed by atoms with E-state index in [9.17, 15) is 4.79 Å². The molecule has 0 spiro atoms. The second-order valence-electron chi connectivity index (χ2n) is 4.47. The monoisotopic (exact) mass is 259 g/mol. The number of hydrogen-bond acceptors (Lipinski definition) is 4. The van der Waals surface area contributed by atoms with Crippen LogP contribution in [-0.2, 0) is 6.42 Å². The first-order chi connectivity index (χ1) is 9.15. The topological polar surface area (TPSA) is 81.2 Å². The predicted octanol–water partition coefficient (Wildman–Crippen LogP) is 2.01. The van der Waals surface area contributed by atoms with Crippen molar-refractivity contribution >= 4 is 11.6 Å². The van der Waals surface area contributed by atoms with Gasteiger partial charge in [0.2, 0.25) is 0 Å². The van der Waals surface area contributed by atoms with E-state index in [2.05, 4.69) is 10.3 Å². The van der Waals surface area contributed by atoms with Gasteiger partial charge >= 0.3 is 0 Å². The third kappa shape index (κ3) is 3.84. The second kappa shape index (κ2) is 6.04. The summed E-state index contributed by atoms with van der Waals surface area (Å²) >= 11 is 0. The summed E-state index contributed by atoms with van der Waals surface area (Å²) in [7, 11) is 0. The Morgan fingerprint density at radius 1 is 1.53 bits per heavy atom. The Morgan fingerprint density at radius 3 is 3.05 bits per heavy atom. The molecule has 1 amide bonds.